The van der Waals surface area contributed by atoms with Crippen LogP contribution in [0.3, 0.4) is 0 Å². The average Bonchev–Trinajstić information content (AvgIpc) is 3.23. The number of hydrogen-bond donors (Lipinski definition) is 1. The van der Waals surface area contributed by atoms with E-state index in [9.17, 15) is 19.0 Å². The second-order valence-electron chi connectivity index (χ2n) is 18.5. The molecule has 0 heterocycles. The molecule has 0 amide bonds. The smallest absolute Gasteiger partial charge is 0.462 e. The van der Waals surface area contributed by atoms with Crippen molar-refractivity contribution in [2.45, 2.75) is 238 Å². The van der Waals surface area contributed by atoms with Crippen LogP contribution in [0.25, 0.3) is 0 Å². The first kappa shape index (κ1) is 60.2. The molecule has 0 saturated carbocycles. The van der Waals surface area contributed by atoms with Gasteiger partial charge in [-0.3, -0.25) is 18.6 Å². The van der Waals surface area contributed by atoms with Crippen molar-refractivity contribution in [1.29, 1.82) is 0 Å². The van der Waals surface area contributed by atoms with E-state index in [4.69, 9.17) is 18.5 Å². The first-order chi connectivity index (χ1) is 30.0. The lowest BCUT2D eigenvalue weighted by Crippen LogP contribution is -2.37. The first-order valence-electron chi connectivity index (χ1n) is 25.7. The molecule has 0 aliphatic carbocycles. The molecule has 0 aliphatic rings. The summed E-state index contributed by atoms with van der Waals surface area (Å²) in [4.78, 5) is 35.5. The van der Waals surface area contributed by atoms with Gasteiger partial charge in [-0.2, -0.15) is 0 Å². The summed E-state index contributed by atoms with van der Waals surface area (Å²) in [6.45, 7) is 4.34. The number of rotatable bonds is 47. The number of likely N-dealkylation sites (N-methyl/N-ethyl adjacent to an activating group) is 1. The Kier molecular flexibility index (Phi) is 43.2. The van der Waals surface area contributed by atoms with Crippen LogP contribution >= 0.6 is 7.82 Å². The molecule has 0 bridgehead atoms. The number of esters is 2. The molecule has 10 heteroatoms. The normalized spacial score (nSPS) is 13.7. The third-order valence-electron chi connectivity index (χ3n) is 11.2. The van der Waals surface area contributed by atoms with E-state index >= 15 is 0 Å². The highest BCUT2D eigenvalue weighted by atomic mass is 31.2. The summed E-state index contributed by atoms with van der Waals surface area (Å²) in [6, 6.07) is 0. The number of phosphoric acid groups is 1. The Morgan fingerprint density at radius 2 is 0.919 bits per heavy atom. The Bertz CT molecular complexity index is 1150. The number of carbonyl (C=O) groups is 2. The van der Waals surface area contributed by atoms with Crippen LogP contribution in [0.4, 0.5) is 0 Å². The summed E-state index contributed by atoms with van der Waals surface area (Å²) in [5.41, 5.74) is 0. The van der Waals surface area contributed by atoms with E-state index in [1.807, 2.05) is 21.1 Å². The van der Waals surface area contributed by atoms with Crippen molar-refractivity contribution in [2.24, 2.45) is 0 Å². The first-order valence-corrected chi connectivity index (χ1v) is 27.2. The SMILES string of the molecule is CC/C=C\C/C=C\C/C=C\CCCCCCCCCC(=O)OC(COC(=O)CCCCCCCCCCCCCCCCCCCCCCC)COP(=O)(O)OCC[N+](C)(C)C. The van der Waals surface area contributed by atoms with Crippen LogP contribution in [-0.4, -0.2) is 74.9 Å². The molecule has 0 radical (unpaired) electrons. The van der Waals surface area contributed by atoms with Gasteiger partial charge in [-0.05, 0) is 44.9 Å². The fourth-order valence-electron chi connectivity index (χ4n) is 7.21. The molecule has 2 atom stereocenters. The van der Waals surface area contributed by atoms with Crippen molar-refractivity contribution in [2.75, 3.05) is 47.5 Å². The van der Waals surface area contributed by atoms with Gasteiger partial charge in [0.2, 0.25) is 0 Å². The van der Waals surface area contributed by atoms with E-state index in [0.717, 1.165) is 64.2 Å². The van der Waals surface area contributed by atoms with Gasteiger partial charge < -0.3 is 18.9 Å². The predicted octanol–water partition coefficient (Wildman–Crippen LogP) is 15.3. The summed E-state index contributed by atoms with van der Waals surface area (Å²) in [7, 11) is 1.48. The van der Waals surface area contributed by atoms with E-state index in [2.05, 4.69) is 50.3 Å². The molecule has 9 nitrogen and oxygen atoms in total. The van der Waals surface area contributed by atoms with Gasteiger partial charge in [-0.1, -0.05) is 211 Å². The predicted molar refractivity (Wildman–Crippen MR) is 261 cm³/mol. The Labute approximate surface area is 382 Å². The second-order valence-corrected chi connectivity index (χ2v) is 20.0. The lowest BCUT2D eigenvalue weighted by Gasteiger charge is -2.24. The van der Waals surface area contributed by atoms with Gasteiger partial charge in [-0.15, -0.1) is 0 Å². The maximum atomic E-state index is 12.7. The third-order valence-corrected chi connectivity index (χ3v) is 12.2. The molecule has 0 aromatic heterocycles. The number of hydrogen-bond acceptors (Lipinski definition) is 7. The van der Waals surface area contributed by atoms with Crippen LogP contribution in [0.2, 0.25) is 0 Å². The van der Waals surface area contributed by atoms with Crippen LogP contribution in [0.5, 0.6) is 0 Å². The van der Waals surface area contributed by atoms with Crippen molar-refractivity contribution in [1.82, 2.24) is 0 Å². The summed E-state index contributed by atoms with van der Waals surface area (Å²) >= 11 is 0. The van der Waals surface area contributed by atoms with Gasteiger partial charge in [0.15, 0.2) is 6.10 Å². The minimum absolute atomic E-state index is 0.0305. The van der Waals surface area contributed by atoms with E-state index < -0.39 is 26.5 Å². The Morgan fingerprint density at radius 3 is 1.37 bits per heavy atom. The molecular weight excluding hydrogens is 798 g/mol. The van der Waals surface area contributed by atoms with Gasteiger partial charge >= 0.3 is 19.8 Å². The molecule has 0 aromatic carbocycles. The summed E-state index contributed by atoms with van der Waals surface area (Å²) in [5, 5.41) is 0. The van der Waals surface area contributed by atoms with Crippen molar-refractivity contribution in [3.63, 3.8) is 0 Å². The van der Waals surface area contributed by atoms with Crippen LogP contribution in [0, 0.1) is 0 Å². The molecule has 0 aliphatic heterocycles. The topological polar surface area (TPSA) is 108 Å². The zero-order valence-corrected chi connectivity index (χ0v) is 42.0. The van der Waals surface area contributed by atoms with E-state index in [-0.39, 0.29) is 25.6 Å². The highest BCUT2D eigenvalue weighted by molar-refractivity contribution is 7.47. The van der Waals surface area contributed by atoms with Crippen molar-refractivity contribution in [3.8, 4) is 0 Å². The zero-order valence-electron chi connectivity index (χ0n) is 41.1. The quantitative estimate of drug-likeness (QED) is 0.0212. The van der Waals surface area contributed by atoms with Crippen LogP contribution in [0.15, 0.2) is 36.5 Å². The lowest BCUT2D eigenvalue weighted by atomic mass is 10.0. The number of nitrogens with zero attached hydrogens (tertiary/aromatic N) is 1. The molecule has 0 fully saturated rings. The highest BCUT2D eigenvalue weighted by Crippen LogP contribution is 2.43. The third kappa shape index (κ3) is 47.7. The maximum Gasteiger partial charge on any atom is 0.472 e. The molecule has 1 N–H and O–H groups in total. The van der Waals surface area contributed by atoms with Crippen molar-refractivity contribution >= 4 is 19.8 Å². The number of unbranched alkanes of at least 4 members (excludes halogenated alkanes) is 27. The lowest BCUT2D eigenvalue weighted by molar-refractivity contribution is -0.870. The van der Waals surface area contributed by atoms with E-state index in [0.29, 0.717) is 23.9 Å². The molecule has 0 rings (SSSR count). The van der Waals surface area contributed by atoms with Gasteiger partial charge in [-0.25, -0.2) is 4.57 Å². The molecule has 364 valence electrons. The molecule has 2 unspecified atom stereocenters. The largest absolute Gasteiger partial charge is 0.472 e. The number of quaternary nitrogens is 1. The summed E-state index contributed by atoms with van der Waals surface area (Å²) in [6.07, 6.45) is 52.0. The van der Waals surface area contributed by atoms with Gasteiger partial charge in [0.05, 0.1) is 27.7 Å². The van der Waals surface area contributed by atoms with E-state index in [1.165, 1.54) is 135 Å². The monoisotopic (exact) mass is 897 g/mol. The molecule has 62 heavy (non-hydrogen) atoms. The fourth-order valence-corrected chi connectivity index (χ4v) is 7.95. The summed E-state index contributed by atoms with van der Waals surface area (Å²) in [5.74, 6) is -0.800. The van der Waals surface area contributed by atoms with Crippen LogP contribution in [0.1, 0.15) is 232 Å². The van der Waals surface area contributed by atoms with Gasteiger partial charge in [0.1, 0.15) is 19.8 Å². The Morgan fingerprint density at radius 1 is 0.516 bits per heavy atom. The molecule has 0 aromatic rings. The van der Waals surface area contributed by atoms with Crippen molar-refractivity contribution < 1.29 is 42.1 Å². The minimum atomic E-state index is -4.38. The molecular formula is C52H99NO8P+. The van der Waals surface area contributed by atoms with E-state index in [1.54, 1.807) is 0 Å². The zero-order chi connectivity index (χ0) is 45.7. The van der Waals surface area contributed by atoms with Crippen LogP contribution in [-0.2, 0) is 32.7 Å². The standard InChI is InChI=1S/C52H98NO8P/c1-6-8-10-12-14-16-18-20-22-24-25-26-27-29-30-32-34-36-38-40-42-44-51(54)58-48-50(49-60-62(56,57)59-47-46-53(3,4)5)61-52(55)45-43-41-39-37-35-33-31-28-23-21-19-17-15-13-11-9-7-2/h9,11,15,17,21,23,50H,6-8,10,12-14,16,18-20,22,24-49H2,1-5H3/p+1/b11-9-,17-15-,23-21-. The number of phosphoric ester groups is 1. The Balaban J connectivity index is 4.22. The average molecular weight is 897 g/mol. The van der Waals surface area contributed by atoms with Crippen LogP contribution < -0.4 is 0 Å². The van der Waals surface area contributed by atoms with Crippen molar-refractivity contribution in [3.05, 3.63) is 36.5 Å². The highest BCUT2D eigenvalue weighted by Gasteiger charge is 2.27. The number of ether oxygens (including phenoxy) is 2. The van der Waals surface area contributed by atoms with Gasteiger partial charge in [0, 0.05) is 12.8 Å². The Hall–Kier alpha value is -1.77. The summed E-state index contributed by atoms with van der Waals surface area (Å²) < 4.78 is 34.5. The number of carbonyl (C=O) groups excluding carboxylic acids is 2. The number of allylic oxidation sites excluding steroid dienone is 6. The molecule has 0 saturated heterocycles. The van der Waals surface area contributed by atoms with Gasteiger partial charge in [0.25, 0.3) is 0 Å². The molecule has 0 spiro atoms. The second kappa shape index (κ2) is 44.4. The minimum Gasteiger partial charge on any atom is -0.462 e. The maximum absolute atomic E-state index is 12.7. The fraction of sp³-hybridized carbons (Fsp3) is 0.846.